The van der Waals surface area contributed by atoms with Crippen molar-refractivity contribution in [2.24, 2.45) is 0 Å². The van der Waals surface area contributed by atoms with Gasteiger partial charge in [0.15, 0.2) is 0 Å². The number of nitrogens with zero attached hydrogens (tertiary/aromatic N) is 2. The average molecular weight is 542 g/mol. The van der Waals surface area contributed by atoms with Crippen molar-refractivity contribution in [1.82, 2.24) is 10.2 Å². The van der Waals surface area contributed by atoms with Crippen LogP contribution in [0, 0.1) is 13.8 Å². The Morgan fingerprint density at radius 2 is 1.62 bits per heavy atom. The zero-order valence-corrected chi connectivity index (χ0v) is 23.0. The number of halogens is 1. The van der Waals surface area contributed by atoms with Gasteiger partial charge in [-0.05, 0) is 75.2 Å². The molecule has 2 amide bonds. The molecule has 1 unspecified atom stereocenters. The Labute approximate surface area is 224 Å². The second kappa shape index (κ2) is 12.3. The third kappa shape index (κ3) is 7.11. The first-order valence-electron chi connectivity index (χ1n) is 12.0. The van der Waals surface area contributed by atoms with E-state index in [1.54, 1.807) is 68.4 Å². The predicted octanol–water partition coefficient (Wildman–Crippen LogP) is 4.71. The van der Waals surface area contributed by atoms with Gasteiger partial charge in [-0.1, -0.05) is 53.6 Å². The monoisotopic (exact) mass is 541 g/mol. The highest BCUT2D eigenvalue weighted by molar-refractivity contribution is 7.92. The fourth-order valence-corrected chi connectivity index (χ4v) is 5.50. The second-order valence-electron chi connectivity index (χ2n) is 8.89. The molecule has 1 atom stereocenters. The van der Waals surface area contributed by atoms with E-state index in [2.05, 4.69) is 5.32 Å². The number of anilines is 1. The van der Waals surface area contributed by atoms with Gasteiger partial charge in [-0.3, -0.25) is 13.9 Å². The first kappa shape index (κ1) is 28.2. The number of hydrogen-bond acceptors (Lipinski definition) is 4. The molecule has 0 aliphatic rings. The summed E-state index contributed by atoms with van der Waals surface area (Å²) in [7, 11) is -4.09. The number of hydrogen-bond donors (Lipinski definition) is 1. The molecule has 0 saturated heterocycles. The molecule has 0 heterocycles. The number of nitrogens with one attached hydrogen (secondary N) is 1. The molecular weight excluding hydrogens is 510 g/mol. The van der Waals surface area contributed by atoms with Crippen LogP contribution in [0.25, 0.3) is 0 Å². The molecule has 3 rings (SSSR count). The molecule has 9 heteroatoms. The van der Waals surface area contributed by atoms with Gasteiger partial charge in [0, 0.05) is 18.1 Å². The van der Waals surface area contributed by atoms with Crippen LogP contribution in [0.5, 0.6) is 0 Å². The molecular formula is C28H32ClN3O4S. The summed E-state index contributed by atoms with van der Waals surface area (Å²) >= 11 is 6.15. The molecule has 3 aromatic carbocycles. The summed E-state index contributed by atoms with van der Waals surface area (Å²) in [5.41, 5.74) is 2.85. The summed E-state index contributed by atoms with van der Waals surface area (Å²) in [5.74, 6) is -0.850. The van der Waals surface area contributed by atoms with E-state index in [1.165, 1.54) is 17.0 Å². The summed E-state index contributed by atoms with van der Waals surface area (Å²) in [6.07, 6.45) is 0. The molecule has 1 N–H and O–H groups in total. The Balaban J connectivity index is 2.03. The van der Waals surface area contributed by atoms with Gasteiger partial charge in [0.05, 0.1) is 10.6 Å². The van der Waals surface area contributed by atoms with Gasteiger partial charge in [-0.25, -0.2) is 8.42 Å². The Bertz CT molecular complexity index is 1360. The topological polar surface area (TPSA) is 86.8 Å². The lowest BCUT2D eigenvalue weighted by molar-refractivity contribution is -0.139. The lowest BCUT2D eigenvalue weighted by Crippen LogP contribution is -2.51. The van der Waals surface area contributed by atoms with Gasteiger partial charge in [0.25, 0.3) is 10.0 Å². The van der Waals surface area contributed by atoms with Gasteiger partial charge < -0.3 is 10.2 Å². The van der Waals surface area contributed by atoms with Crippen molar-refractivity contribution >= 4 is 39.1 Å². The minimum Gasteiger partial charge on any atom is -0.355 e. The zero-order valence-electron chi connectivity index (χ0n) is 21.4. The fourth-order valence-electron chi connectivity index (χ4n) is 3.89. The average Bonchev–Trinajstić information content (AvgIpc) is 2.85. The second-order valence-corrected chi connectivity index (χ2v) is 11.2. The van der Waals surface area contributed by atoms with Crippen molar-refractivity contribution in [3.63, 3.8) is 0 Å². The third-order valence-electron chi connectivity index (χ3n) is 5.94. The van der Waals surface area contributed by atoms with Crippen LogP contribution in [0.4, 0.5) is 5.69 Å². The lowest BCUT2D eigenvalue weighted by Gasteiger charge is -2.32. The van der Waals surface area contributed by atoms with Gasteiger partial charge >= 0.3 is 0 Å². The van der Waals surface area contributed by atoms with E-state index in [1.807, 2.05) is 19.9 Å². The van der Waals surface area contributed by atoms with Crippen LogP contribution in [0.3, 0.4) is 0 Å². The van der Waals surface area contributed by atoms with Gasteiger partial charge in [0.1, 0.15) is 12.6 Å². The van der Waals surface area contributed by atoms with Crippen molar-refractivity contribution < 1.29 is 18.0 Å². The molecule has 0 spiro atoms. The Kier molecular flexibility index (Phi) is 9.34. The molecule has 3 aromatic rings. The molecule has 196 valence electrons. The smallest absolute Gasteiger partial charge is 0.264 e. The molecule has 37 heavy (non-hydrogen) atoms. The Morgan fingerprint density at radius 3 is 2.24 bits per heavy atom. The number of amides is 2. The number of rotatable bonds is 10. The summed E-state index contributed by atoms with van der Waals surface area (Å²) in [5, 5.41) is 3.24. The minimum atomic E-state index is -4.09. The molecule has 7 nitrogen and oxygen atoms in total. The number of aryl methyl sites for hydroxylation is 2. The van der Waals surface area contributed by atoms with Crippen LogP contribution in [-0.4, -0.2) is 44.3 Å². The van der Waals surface area contributed by atoms with Gasteiger partial charge in [-0.15, -0.1) is 0 Å². The maximum atomic E-state index is 13.8. The molecule has 0 radical (unpaired) electrons. The minimum absolute atomic E-state index is 0.0746. The van der Waals surface area contributed by atoms with Gasteiger partial charge in [0.2, 0.25) is 11.8 Å². The summed E-state index contributed by atoms with van der Waals surface area (Å²) < 4.78 is 28.7. The van der Waals surface area contributed by atoms with Crippen molar-refractivity contribution in [3.05, 3.63) is 94.5 Å². The van der Waals surface area contributed by atoms with Crippen molar-refractivity contribution in [3.8, 4) is 0 Å². The van der Waals surface area contributed by atoms with Crippen LogP contribution in [0.1, 0.15) is 30.5 Å². The SMILES string of the molecule is CCNC(=O)C(C)N(Cc1cccc(Cl)c1)C(=O)CN(c1cccc(C)c1)S(=O)(=O)c1ccc(C)cc1. The number of benzene rings is 3. The van der Waals surface area contributed by atoms with E-state index in [-0.39, 0.29) is 17.3 Å². The molecule has 0 bridgehead atoms. The van der Waals surface area contributed by atoms with E-state index in [9.17, 15) is 18.0 Å². The van der Waals surface area contributed by atoms with Crippen molar-refractivity contribution in [2.45, 2.75) is 45.2 Å². The maximum Gasteiger partial charge on any atom is 0.264 e. The first-order valence-corrected chi connectivity index (χ1v) is 13.8. The summed E-state index contributed by atoms with van der Waals surface area (Å²) in [4.78, 5) is 28.0. The van der Waals surface area contributed by atoms with Crippen LogP contribution in [0.15, 0.2) is 77.7 Å². The number of carbonyl (C=O) groups excluding carboxylic acids is 2. The highest BCUT2D eigenvalue weighted by atomic mass is 35.5. The molecule has 0 fully saturated rings. The van der Waals surface area contributed by atoms with E-state index < -0.39 is 28.5 Å². The maximum absolute atomic E-state index is 13.8. The van der Waals surface area contributed by atoms with E-state index in [0.29, 0.717) is 17.3 Å². The predicted molar refractivity (Wildman–Crippen MR) is 147 cm³/mol. The van der Waals surface area contributed by atoms with Crippen molar-refractivity contribution in [1.29, 1.82) is 0 Å². The summed E-state index contributed by atoms with van der Waals surface area (Å²) in [6.45, 7) is 7.15. The largest absolute Gasteiger partial charge is 0.355 e. The van der Waals surface area contributed by atoms with E-state index in [0.717, 1.165) is 21.0 Å². The van der Waals surface area contributed by atoms with Crippen molar-refractivity contribution in [2.75, 3.05) is 17.4 Å². The lowest BCUT2D eigenvalue weighted by atomic mass is 10.1. The van der Waals surface area contributed by atoms with Gasteiger partial charge in [-0.2, -0.15) is 0 Å². The fraction of sp³-hybridized carbons (Fsp3) is 0.286. The van der Waals surface area contributed by atoms with Crippen LogP contribution >= 0.6 is 11.6 Å². The molecule has 0 aromatic heterocycles. The molecule has 0 aliphatic carbocycles. The number of carbonyl (C=O) groups is 2. The Hall–Kier alpha value is -3.36. The molecule has 0 aliphatic heterocycles. The summed E-state index contributed by atoms with van der Waals surface area (Å²) in [6, 6.07) is 19.6. The zero-order chi connectivity index (χ0) is 27.2. The van der Waals surface area contributed by atoms with E-state index in [4.69, 9.17) is 11.6 Å². The van der Waals surface area contributed by atoms with Crippen LogP contribution in [-0.2, 0) is 26.2 Å². The standard InChI is InChI=1S/C28H32ClN3O4S/c1-5-30-28(34)22(4)31(18-23-9-7-10-24(29)17-23)27(33)19-32(25-11-6-8-21(3)16-25)37(35,36)26-14-12-20(2)13-15-26/h6-17,22H,5,18-19H2,1-4H3,(H,30,34). The number of sulfonamides is 1. The third-order valence-corrected chi connectivity index (χ3v) is 7.96. The number of likely N-dealkylation sites (N-methyl/N-ethyl adjacent to an activating group) is 1. The quantitative estimate of drug-likeness (QED) is 0.403. The van der Waals surface area contributed by atoms with Crippen LogP contribution < -0.4 is 9.62 Å². The van der Waals surface area contributed by atoms with Crippen LogP contribution in [0.2, 0.25) is 5.02 Å². The van der Waals surface area contributed by atoms with E-state index >= 15 is 0 Å². The molecule has 0 saturated carbocycles. The first-order chi connectivity index (χ1) is 17.5. The highest BCUT2D eigenvalue weighted by Crippen LogP contribution is 2.26. The Morgan fingerprint density at radius 1 is 0.946 bits per heavy atom. The highest BCUT2D eigenvalue weighted by Gasteiger charge is 2.32. The normalized spacial score (nSPS) is 12.0.